The van der Waals surface area contributed by atoms with Crippen molar-refractivity contribution >= 4 is 34.3 Å². The highest BCUT2D eigenvalue weighted by Gasteiger charge is 2.24. The molecule has 0 atom stereocenters. The second-order valence-electron chi connectivity index (χ2n) is 5.08. The van der Waals surface area contributed by atoms with Crippen LogP contribution in [0.15, 0.2) is 42.5 Å². The van der Waals surface area contributed by atoms with Gasteiger partial charge in [0.25, 0.3) is 0 Å². The van der Waals surface area contributed by atoms with Crippen LogP contribution in [-0.2, 0) is 4.74 Å². The fourth-order valence-electron chi connectivity index (χ4n) is 2.65. The van der Waals surface area contributed by atoms with E-state index >= 15 is 0 Å². The molecule has 1 aliphatic rings. The number of ether oxygens (including phenoxy) is 1. The molecule has 6 heteroatoms. The molecule has 0 bridgehead atoms. The van der Waals surface area contributed by atoms with E-state index in [9.17, 15) is 4.79 Å². The molecule has 0 aliphatic carbocycles. The molecule has 4 rings (SSSR count). The average molecular weight is 314 g/mol. The number of nitrogens with zero attached hydrogens (tertiary/aromatic N) is 2. The molecule has 0 saturated carbocycles. The van der Waals surface area contributed by atoms with E-state index in [1.54, 1.807) is 4.90 Å². The number of halogens is 1. The van der Waals surface area contributed by atoms with Gasteiger partial charge in [-0.05, 0) is 30.3 Å². The minimum absolute atomic E-state index is 0.313. The van der Waals surface area contributed by atoms with Crippen LogP contribution >= 0.6 is 11.6 Å². The Kier molecular flexibility index (Phi) is 3.01. The van der Waals surface area contributed by atoms with Crippen LogP contribution in [0.1, 0.15) is 0 Å². The Labute approximate surface area is 131 Å². The van der Waals surface area contributed by atoms with Crippen LogP contribution in [0.3, 0.4) is 0 Å². The van der Waals surface area contributed by atoms with Crippen molar-refractivity contribution in [3.05, 3.63) is 47.5 Å². The maximum Gasteiger partial charge on any atom is 0.414 e. The molecule has 1 amide bonds. The number of hydrogen-bond acceptors (Lipinski definition) is 3. The Morgan fingerprint density at radius 2 is 2.14 bits per heavy atom. The van der Waals surface area contributed by atoms with Crippen LogP contribution in [0.4, 0.5) is 10.5 Å². The van der Waals surface area contributed by atoms with Crippen molar-refractivity contribution in [3.8, 4) is 11.3 Å². The molecule has 2 heterocycles. The highest BCUT2D eigenvalue weighted by molar-refractivity contribution is 6.30. The van der Waals surface area contributed by atoms with E-state index in [1.807, 2.05) is 42.5 Å². The summed E-state index contributed by atoms with van der Waals surface area (Å²) in [4.78, 5) is 13.3. The molecule has 3 aromatic rings. The van der Waals surface area contributed by atoms with E-state index in [0.717, 1.165) is 27.8 Å². The Morgan fingerprint density at radius 3 is 2.91 bits per heavy atom. The molecule has 1 N–H and O–H groups in total. The first-order valence-corrected chi connectivity index (χ1v) is 7.28. The first-order valence-electron chi connectivity index (χ1n) is 6.91. The van der Waals surface area contributed by atoms with Crippen molar-refractivity contribution in [1.82, 2.24) is 10.2 Å². The Hall–Kier alpha value is -2.53. The predicted octanol–water partition coefficient (Wildman–Crippen LogP) is 3.84. The SMILES string of the molecule is O=C1OCCN1c1ccc2[nH]nc(-c3cccc(Cl)c3)c2c1. The van der Waals surface area contributed by atoms with Gasteiger partial charge in [0.05, 0.1) is 12.1 Å². The second-order valence-corrected chi connectivity index (χ2v) is 5.51. The minimum atomic E-state index is -0.313. The summed E-state index contributed by atoms with van der Waals surface area (Å²) in [5, 5.41) is 8.99. The zero-order chi connectivity index (χ0) is 15.1. The van der Waals surface area contributed by atoms with E-state index in [4.69, 9.17) is 16.3 Å². The molecule has 22 heavy (non-hydrogen) atoms. The van der Waals surface area contributed by atoms with Crippen molar-refractivity contribution in [2.45, 2.75) is 0 Å². The lowest BCUT2D eigenvalue weighted by atomic mass is 10.1. The average Bonchev–Trinajstić information content (AvgIpc) is 3.12. The van der Waals surface area contributed by atoms with Gasteiger partial charge in [0.1, 0.15) is 12.3 Å². The molecule has 2 aromatic carbocycles. The van der Waals surface area contributed by atoms with Gasteiger partial charge in [-0.3, -0.25) is 10.00 Å². The molecule has 0 unspecified atom stereocenters. The smallest absolute Gasteiger partial charge is 0.414 e. The summed E-state index contributed by atoms with van der Waals surface area (Å²) in [7, 11) is 0. The summed E-state index contributed by atoms with van der Waals surface area (Å²) < 4.78 is 4.99. The number of rotatable bonds is 2. The standard InChI is InChI=1S/C16H12ClN3O2/c17-11-3-1-2-10(8-11)15-13-9-12(4-5-14(13)18-19-15)20-6-7-22-16(20)21/h1-5,8-9H,6-7H2,(H,18,19). The zero-order valence-corrected chi connectivity index (χ0v) is 12.3. The normalized spacial score (nSPS) is 14.6. The van der Waals surface area contributed by atoms with Crippen molar-refractivity contribution < 1.29 is 9.53 Å². The summed E-state index contributed by atoms with van der Waals surface area (Å²) in [6.45, 7) is 0.984. The molecule has 5 nitrogen and oxygen atoms in total. The van der Waals surface area contributed by atoms with E-state index in [2.05, 4.69) is 10.2 Å². The molecule has 1 saturated heterocycles. The van der Waals surface area contributed by atoms with Crippen LogP contribution in [0.25, 0.3) is 22.2 Å². The second kappa shape index (κ2) is 5.03. The van der Waals surface area contributed by atoms with Gasteiger partial charge in [-0.15, -0.1) is 0 Å². The third-order valence-corrected chi connectivity index (χ3v) is 3.95. The van der Waals surface area contributed by atoms with Gasteiger partial charge >= 0.3 is 6.09 Å². The highest BCUT2D eigenvalue weighted by Crippen LogP contribution is 2.31. The number of carbonyl (C=O) groups excluding carboxylic acids is 1. The molecule has 0 spiro atoms. The van der Waals surface area contributed by atoms with Crippen LogP contribution < -0.4 is 4.90 Å². The number of H-pyrrole nitrogens is 1. The summed E-state index contributed by atoms with van der Waals surface area (Å²) in [6, 6.07) is 13.3. The zero-order valence-electron chi connectivity index (χ0n) is 11.5. The Morgan fingerprint density at radius 1 is 1.23 bits per heavy atom. The topological polar surface area (TPSA) is 58.2 Å². The van der Waals surface area contributed by atoms with Gasteiger partial charge in [-0.1, -0.05) is 23.7 Å². The van der Waals surface area contributed by atoms with Gasteiger partial charge in [0.15, 0.2) is 0 Å². The van der Waals surface area contributed by atoms with Crippen molar-refractivity contribution in [3.63, 3.8) is 0 Å². The maximum atomic E-state index is 11.7. The third-order valence-electron chi connectivity index (χ3n) is 3.72. The van der Waals surface area contributed by atoms with Crippen molar-refractivity contribution in [2.75, 3.05) is 18.1 Å². The molecule has 1 aliphatic heterocycles. The number of nitrogens with one attached hydrogen (secondary N) is 1. The first kappa shape index (κ1) is 13.2. The van der Waals surface area contributed by atoms with E-state index in [-0.39, 0.29) is 6.09 Å². The number of cyclic esters (lactones) is 1. The molecule has 0 radical (unpaired) electrons. The van der Waals surface area contributed by atoms with Crippen molar-refractivity contribution in [2.24, 2.45) is 0 Å². The molecule has 110 valence electrons. The van der Waals surface area contributed by atoms with Gasteiger partial charge in [0.2, 0.25) is 0 Å². The monoisotopic (exact) mass is 313 g/mol. The lowest BCUT2D eigenvalue weighted by Crippen LogP contribution is -2.23. The largest absolute Gasteiger partial charge is 0.447 e. The molecular weight excluding hydrogens is 302 g/mol. The fourth-order valence-corrected chi connectivity index (χ4v) is 2.84. The number of amides is 1. The fraction of sp³-hybridized carbons (Fsp3) is 0.125. The Bertz CT molecular complexity index is 875. The van der Waals surface area contributed by atoms with Gasteiger partial charge in [0, 0.05) is 21.7 Å². The number of benzene rings is 2. The minimum Gasteiger partial charge on any atom is -0.447 e. The first-order chi connectivity index (χ1) is 10.7. The number of fused-ring (bicyclic) bond motifs is 1. The van der Waals surface area contributed by atoms with Gasteiger partial charge in [-0.25, -0.2) is 4.79 Å². The number of aromatic nitrogens is 2. The lowest BCUT2D eigenvalue weighted by Gasteiger charge is -2.12. The van der Waals surface area contributed by atoms with Gasteiger partial charge in [-0.2, -0.15) is 5.10 Å². The summed E-state index contributed by atoms with van der Waals surface area (Å²) in [6.07, 6.45) is -0.313. The van der Waals surface area contributed by atoms with E-state index in [0.29, 0.717) is 18.2 Å². The third kappa shape index (κ3) is 2.10. The summed E-state index contributed by atoms with van der Waals surface area (Å²) >= 11 is 6.06. The van der Waals surface area contributed by atoms with Crippen LogP contribution in [0.2, 0.25) is 5.02 Å². The molecule has 1 fully saturated rings. The molecule has 1 aromatic heterocycles. The van der Waals surface area contributed by atoms with Crippen LogP contribution in [0.5, 0.6) is 0 Å². The maximum absolute atomic E-state index is 11.7. The number of carbonyl (C=O) groups is 1. The number of aromatic amines is 1. The number of anilines is 1. The Balaban J connectivity index is 1.85. The quantitative estimate of drug-likeness (QED) is 0.782. The summed E-state index contributed by atoms with van der Waals surface area (Å²) in [5.41, 5.74) is 3.46. The van der Waals surface area contributed by atoms with Crippen molar-refractivity contribution in [1.29, 1.82) is 0 Å². The summed E-state index contributed by atoms with van der Waals surface area (Å²) in [5.74, 6) is 0. The van der Waals surface area contributed by atoms with Crippen LogP contribution in [-0.4, -0.2) is 29.4 Å². The predicted molar refractivity (Wildman–Crippen MR) is 85.2 cm³/mol. The van der Waals surface area contributed by atoms with Crippen LogP contribution in [0, 0.1) is 0 Å². The molecular formula is C16H12ClN3O2. The van der Waals surface area contributed by atoms with E-state index in [1.165, 1.54) is 0 Å². The highest BCUT2D eigenvalue weighted by atomic mass is 35.5. The van der Waals surface area contributed by atoms with Gasteiger partial charge < -0.3 is 4.74 Å². The van der Waals surface area contributed by atoms with E-state index < -0.39 is 0 Å². The lowest BCUT2D eigenvalue weighted by molar-refractivity contribution is 0.181. The number of hydrogen-bond donors (Lipinski definition) is 1.